The van der Waals surface area contributed by atoms with Gasteiger partial charge in [0.1, 0.15) is 23.2 Å². The van der Waals surface area contributed by atoms with Crippen molar-refractivity contribution in [3.63, 3.8) is 0 Å². The van der Waals surface area contributed by atoms with E-state index in [1.165, 1.54) is 23.6 Å². The van der Waals surface area contributed by atoms with E-state index in [0.717, 1.165) is 18.6 Å². The topological polar surface area (TPSA) is 35.2 Å². The number of hydrogen-bond donors (Lipinski definition) is 1. The summed E-state index contributed by atoms with van der Waals surface area (Å²) in [4.78, 5) is 0.194. The molecule has 4 heteroatoms. The summed E-state index contributed by atoms with van der Waals surface area (Å²) in [6.07, 6.45) is 3.45. The zero-order chi connectivity index (χ0) is 14.8. The van der Waals surface area contributed by atoms with Gasteiger partial charge in [0.15, 0.2) is 0 Å². The van der Waals surface area contributed by atoms with Crippen molar-refractivity contribution in [1.29, 1.82) is 0 Å². The molecule has 0 saturated carbocycles. The lowest BCUT2D eigenvalue weighted by molar-refractivity contribution is 0.299. The smallest absolute Gasteiger partial charge is 0.130 e. The van der Waals surface area contributed by atoms with E-state index in [0.29, 0.717) is 11.1 Å². The lowest BCUT2D eigenvalue weighted by Gasteiger charge is -2.10. The van der Waals surface area contributed by atoms with Crippen molar-refractivity contribution in [1.82, 2.24) is 0 Å². The van der Waals surface area contributed by atoms with Crippen LogP contribution in [0.2, 0.25) is 0 Å². The molecule has 0 atom stereocenters. The highest BCUT2D eigenvalue weighted by Crippen LogP contribution is 2.26. The number of rotatable bonds is 4. The fraction of sp³-hybridized carbons (Fsp3) is 0.235. The van der Waals surface area contributed by atoms with Gasteiger partial charge in [0.2, 0.25) is 0 Å². The molecule has 0 aromatic heterocycles. The fourth-order valence-corrected chi connectivity index (χ4v) is 2.74. The molecule has 2 aromatic carbocycles. The minimum atomic E-state index is -0.346. The maximum atomic E-state index is 13.9. The van der Waals surface area contributed by atoms with Gasteiger partial charge in [0.25, 0.3) is 0 Å². The second-order valence-electron chi connectivity index (χ2n) is 5.24. The molecule has 0 unspecified atom stereocenters. The van der Waals surface area contributed by atoms with Gasteiger partial charge in [-0.3, -0.25) is 0 Å². The molecular formula is C17H16FNOS. The van der Waals surface area contributed by atoms with Crippen LogP contribution in [0.3, 0.4) is 0 Å². The van der Waals surface area contributed by atoms with Crippen LogP contribution in [0.15, 0.2) is 36.4 Å². The first-order valence-electron chi connectivity index (χ1n) is 6.96. The largest absolute Gasteiger partial charge is 0.489 e. The molecule has 3 rings (SSSR count). The molecule has 0 radical (unpaired) electrons. The summed E-state index contributed by atoms with van der Waals surface area (Å²) in [5.41, 5.74) is 9.25. The maximum Gasteiger partial charge on any atom is 0.130 e. The summed E-state index contributed by atoms with van der Waals surface area (Å²) in [7, 11) is 0. The second kappa shape index (κ2) is 5.82. The Balaban J connectivity index is 1.71. The van der Waals surface area contributed by atoms with Crippen molar-refractivity contribution in [3.05, 3.63) is 64.5 Å². The zero-order valence-electron chi connectivity index (χ0n) is 11.6. The van der Waals surface area contributed by atoms with Gasteiger partial charge in [-0.15, -0.1) is 0 Å². The summed E-state index contributed by atoms with van der Waals surface area (Å²) < 4.78 is 19.6. The van der Waals surface area contributed by atoms with E-state index in [4.69, 9.17) is 22.7 Å². The highest BCUT2D eigenvalue weighted by molar-refractivity contribution is 7.80. The third kappa shape index (κ3) is 3.05. The Morgan fingerprint density at radius 3 is 2.71 bits per heavy atom. The molecule has 0 fully saturated rings. The summed E-state index contributed by atoms with van der Waals surface area (Å²) in [5.74, 6) is 0.440. The molecule has 0 bridgehead atoms. The number of benzene rings is 2. The average Bonchev–Trinajstić information content (AvgIpc) is 2.93. The van der Waals surface area contributed by atoms with Crippen molar-refractivity contribution in [2.24, 2.45) is 5.73 Å². The third-order valence-electron chi connectivity index (χ3n) is 3.80. The van der Waals surface area contributed by atoms with Gasteiger partial charge < -0.3 is 10.5 Å². The van der Waals surface area contributed by atoms with Gasteiger partial charge in [-0.2, -0.15) is 0 Å². The first-order chi connectivity index (χ1) is 10.1. The fourth-order valence-electron chi connectivity index (χ4n) is 2.62. The molecule has 108 valence electrons. The Kier molecular flexibility index (Phi) is 3.88. The van der Waals surface area contributed by atoms with Crippen LogP contribution < -0.4 is 10.5 Å². The van der Waals surface area contributed by atoms with Crippen LogP contribution in [0.4, 0.5) is 4.39 Å². The van der Waals surface area contributed by atoms with Crippen LogP contribution in [0.25, 0.3) is 0 Å². The minimum Gasteiger partial charge on any atom is -0.489 e. The predicted molar refractivity (Wildman–Crippen MR) is 85.1 cm³/mol. The van der Waals surface area contributed by atoms with Crippen LogP contribution in [0.5, 0.6) is 5.75 Å². The highest BCUT2D eigenvalue weighted by Gasteiger charge is 2.12. The Bertz CT molecular complexity index is 699. The van der Waals surface area contributed by atoms with E-state index in [1.54, 1.807) is 12.1 Å². The van der Waals surface area contributed by atoms with Gasteiger partial charge in [-0.05, 0) is 48.6 Å². The van der Waals surface area contributed by atoms with Crippen molar-refractivity contribution in [2.75, 3.05) is 0 Å². The number of halogens is 1. The molecule has 2 N–H and O–H groups in total. The molecule has 0 aliphatic heterocycles. The van der Waals surface area contributed by atoms with Crippen molar-refractivity contribution in [2.45, 2.75) is 25.9 Å². The van der Waals surface area contributed by atoms with E-state index in [9.17, 15) is 4.39 Å². The van der Waals surface area contributed by atoms with Gasteiger partial charge >= 0.3 is 0 Å². The standard InChI is InChI=1S/C17H16FNOS/c18-16-9-13(17(19)21)4-5-14(16)10-20-15-7-6-11-2-1-3-12(11)8-15/h4-9H,1-3,10H2,(H2,19,21). The predicted octanol–water partition coefficient (Wildman–Crippen LogP) is 3.53. The first-order valence-corrected chi connectivity index (χ1v) is 7.37. The molecule has 0 spiro atoms. The molecule has 1 aliphatic carbocycles. The monoisotopic (exact) mass is 301 g/mol. The second-order valence-corrected chi connectivity index (χ2v) is 5.68. The normalized spacial score (nSPS) is 13.0. The number of aryl methyl sites for hydroxylation is 2. The van der Waals surface area contributed by atoms with Crippen molar-refractivity contribution < 1.29 is 9.13 Å². The van der Waals surface area contributed by atoms with Crippen LogP contribution in [-0.2, 0) is 19.4 Å². The molecule has 1 aliphatic rings. The van der Waals surface area contributed by atoms with Gasteiger partial charge in [0, 0.05) is 11.1 Å². The lowest BCUT2D eigenvalue weighted by Crippen LogP contribution is -2.10. The summed E-state index contributed by atoms with van der Waals surface area (Å²) in [6, 6.07) is 10.8. The van der Waals surface area contributed by atoms with Gasteiger partial charge in [-0.25, -0.2) is 4.39 Å². The molecule has 0 heterocycles. The van der Waals surface area contributed by atoms with Crippen LogP contribution >= 0.6 is 12.2 Å². The zero-order valence-corrected chi connectivity index (χ0v) is 12.4. The highest BCUT2D eigenvalue weighted by atomic mass is 32.1. The van der Waals surface area contributed by atoms with Crippen molar-refractivity contribution in [3.8, 4) is 5.75 Å². The van der Waals surface area contributed by atoms with Gasteiger partial charge in [-0.1, -0.05) is 30.4 Å². The van der Waals surface area contributed by atoms with Crippen LogP contribution in [0, 0.1) is 5.82 Å². The third-order valence-corrected chi connectivity index (χ3v) is 4.04. The maximum absolute atomic E-state index is 13.9. The summed E-state index contributed by atoms with van der Waals surface area (Å²) in [5, 5.41) is 0. The van der Waals surface area contributed by atoms with Gasteiger partial charge in [0.05, 0.1) is 0 Å². The SMILES string of the molecule is NC(=S)c1ccc(COc2ccc3c(c2)CCC3)c(F)c1. The van der Waals surface area contributed by atoms with E-state index in [1.807, 2.05) is 6.07 Å². The molecule has 0 saturated heterocycles. The lowest BCUT2D eigenvalue weighted by atomic mass is 10.1. The van der Waals surface area contributed by atoms with E-state index >= 15 is 0 Å². The first kappa shape index (κ1) is 14.0. The molecular weight excluding hydrogens is 285 g/mol. The summed E-state index contributed by atoms with van der Waals surface area (Å²) >= 11 is 4.83. The Hall–Kier alpha value is -1.94. The molecule has 2 nitrogen and oxygen atoms in total. The molecule has 0 amide bonds. The number of hydrogen-bond acceptors (Lipinski definition) is 2. The Labute approximate surface area is 128 Å². The molecule has 21 heavy (non-hydrogen) atoms. The number of fused-ring (bicyclic) bond motifs is 1. The van der Waals surface area contributed by atoms with E-state index in [-0.39, 0.29) is 17.4 Å². The molecule has 2 aromatic rings. The quantitative estimate of drug-likeness (QED) is 0.878. The number of nitrogens with two attached hydrogens (primary N) is 1. The summed E-state index contributed by atoms with van der Waals surface area (Å²) in [6.45, 7) is 0.197. The minimum absolute atomic E-state index is 0.194. The van der Waals surface area contributed by atoms with E-state index in [2.05, 4.69) is 12.1 Å². The Morgan fingerprint density at radius 2 is 1.95 bits per heavy atom. The average molecular weight is 301 g/mol. The number of thiocarbonyl (C=S) groups is 1. The van der Waals surface area contributed by atoms with E-state index < -0.39 is 0 Å². The van der Waals surface area contributed by atoms with Crippen LogP contribution in [-0.4, -0.2) is 4.99 Å². The number of ether oxygens (including phenoxy) is 1. The Morgan fingerprint density at radius 1 is 1.14 bits per heavy atom. The van der Waals surface area contributed by atoms with Crippen molar-refractivity contribution >= 4 is 17.2 Å². The van der Waals surface area contributed by atoms with Crippen LogP contribution in [0.1, 0.15) is 28.7 Å².